The molecule has 0 atom stereocenters. The van der Waals surface area contributed by atoms with Gasteiger partial charge in [-0.3, -0.25) is 0 Å². The Morgan fingerprint density at radius 1 is 1.00 bits per heavy atom. The smallest absolute Gasteiger partial charge is 0.337 e. The second-order valence-corrected chi connectivity index (χ2v) is 4.59. The highest BCUT2D eigenvalue weighted by molar-refractivity contribution is 5.94. The lowest BCUT2D eigenvalue weighted by Crippen LogP contribution is -2.26. The van der Waals surface area contributed by atoms with Crippen molar-refractivity contribution in [2.75, 3.05) is 7.11 Å². The largest absolute Gasteiger partial charge is 0.465 e. The zero-order valence-electron chi connectivity index (χ0n) is 13.0. The van der Waals surface area contributed by atoms with Crippen LogP contribution < -0.4 is 21.9 Å². The van der Waals surface area contributed by atoms with Crippen LogP contribution in [0.25, 0.3) is 0 Å². The van der Waals surface area contributed by atoms with E-state index in [1.54, 1.807) is 48.5 Å². The standard InChI is InChI=1S/C16H17N5O3/c1-23-14(22)10-6-8-11(9-7-10)24-13-5-3-2-4-12(13)20-16(19)21-15(17)18/h2-9H,1H3,(H6,17,18,19,20,21). The van der Waals surface area contributed by atoms with Gasteiger partial charge in [0.15, 0.2) is 11.7 Å². The summed E-state index contributed by atoms with van der Waals surface area (Å²) in [6.45, 7) is 0. The highest BCUT2D eigenvalue weighted by Gasteiger charge is 2.07. The molecule has 0 heterocycles. The van der Waals surface area contributed by atoms with Gasteiger partial charge in [-0.25, -0.2) is 9.79 Å². The molecule has 2 aromatic carbocycles. The number of hydrogen-bond acceptors (Lipinski definition) is 4. The predicted octanol–water partition coefficient (Wildman–Crippen LogP) is 1.49. The average molecular weight is 327 g/mol. The minimum absolute atomic E-state index is 0.0907. The molecule has 0 unspecified atom stereocenters. The van der Waals surface area contributed by atoms with Gasteiger partial charge in [0.05, 0.1) is 12.7 Å². The van der Waals surface area contributed by atoms with E-state index >= 15 is 0 Å². The number of rotatable bonds is 4. The second-order valence-electron chi connectivity index (χ2n) is 4.59. The van der Waals surface area contributed by atoms with Crippen molar-refractivity contribution in [3.63, 3.8) is 0 Å². The summed E-state index contributed by atoms with van der Waals surface area (Å²) in [5, 5.41) is 0. The topological polar surface area (TPSA) is 138 Å². The molecule has 0 amide bonds. The van der Waals surface area contributed by atoms with E-state index < -0.39 is 5.97 Å². The van der Waals surface area contributed by atoms with Crippen LogP contribution >= 0.6 is 0 Å². The molecule has 0 saturated carbocycles. The van der Waals surface area contributed by atoms with Crippen LogP contribution in [-0.2, 0) is 4.74 Å². The van der Waals surface area contributed by atoms with E-state index in [0.29, 0.717) is 22.7 Å². The SMILES string of the molecule is COC(=O)c1ccc(Oc2ccccc2N=C(N)N=C(N)N)cc1. The summed E-state index contributed by atoms with van der Waals surface area (Å²) >= 11 is 0. The summed E-state index contributed by atoms with van der Waals surface area (Å²) in [6.07, 6.45) is 0. The number of benzene rings is 2. The molecule has 2 rings (SSSR count). The first-order valence-corrected chi connectivity index (χ1v) is 6.88. The Kier molecular flexibility index (Phi) is 5.35. The van der Waals surface area contributed by atoms with E-state index in [9.17, 15) is 4.79 Å². The van der Waals surface area contributed by atoms with Gasteiger partial charge in [0.1, 0.15) is 11.4 Å². The summed E-state index contributed by atoms with van der Waals surface area (Å²) in [6, 6.07) is 13.5. The number of carbonyl (C=O) groups is 1. The quantitative estimate of drug-likeness (QED) is 0.442. The van der Waals surface area contributed by atoms with Gasteiger partial charge in [-0.2, -0.15) is 4.99 Å². The van der Waals surface area contributed by atoms with Crippen LogP contribution in [0, 0.1) is 0 Å². The lowest BCUT2D eigenvalue weighted by molar-refractivity contribution is 0.0600. The highest BCUT2D eigenvalue weighted by atomic mass is 16.5. The van der Waals surface area contributed by atoms with Crippen molar-refractivity contribution in [1.82, 2.24) is 0 Å². The minimum Gasteiger partial charge on any atom is -0.465 e. The van der Waals surface area contributed by atoms with Crippen LogP contribution in [0.1, 0.15) is 10.4 Å². The van der Waals surface area contributed by atoms with E-state index in [1.165, 1.54) is 7.11 Å². The number of aliphatic imine (C=N–C) groups is 2. The van der Waals surface area contributed by atoms with E-state index in [0.717, 1.165) is 0 Å². The Bertz CT molecular complexity index is 781. The Hall–Kier alpha value is -3.55. The second kappa shape index (κ2) is 7.63. The number of guanidine groups is 2. The van der Waals surface area contributed by atoms with Gasteiger partial charge in [0, 0.05) is 0 Å². The Balaban J connectivity index is 2.24. The molecule has 0 aliphatic heterocycles. The number of hydrogen-bond donors (Lipinski definition) is 3. The van der Waals surface area contributed by atoms with Gasteiger partial charge in [-0.1, -0.05) is 12.1 Å². The maximum Gasteiger partial charge on any atom is 0.337 e. The van der Waals surface area contributed by atoms with Crippen molar-refractivity contribution in [1.29, 1.82) is 0 Å². The fraction of sp³-hybridized carbons (Fsp3) is 0.0625. The van der Waals surface area contributed by atoms with Gasteiger partial charge in [0.25, 0.3) is 0 Å². The van der Waals surface area contributed by atoms with Crippen molar-refractivity contribution in [2.45, 2.75) is 0 Å². The number of nitrogens with zero attached hydrogens (tertiary/aromatic N) is 2. The van der Waals surface area contributed by atoms with Crippen molar-refractivity contribution < 1.29 is 14.3 Å². The molecule has 0 spiro atoms. The normalized spacial score (nSPS) is 10.8. The van der Waals surface area contributed by atoms with E-state index in [2.05, 4.69) is 14.7 Å². The highest BCUT2D eigenvalue weighted by Crippen LogP contribution is 2.31. The van der Waals surface area contributed by atoms with Gasteiger partial charge < -0.3 is 26.7 Å². The average Bonchev–Trinajstić information content (AvgIpc) is 2.56. The summed E-state index contributed by atoms with van der Waals surface area (Å²) in [4.78, 5) is 19.2. The van der Waals surface area contributed by atoms with Gasteiger partial charge in [0.2, 0.25) is 5.96 Å². The van der Waals surface area contributed by atoms with Crippen molar-refractivity contribution in [3.8, 4) is 11.5 Å². The molecule has 0 aromatic heterocycles. The van der Waals surface area contributed by atoms with Crippen LogP contribution in [-0.4, -0.2) is 25.0 Å². The molecular weight excluding hydrogens is 310 g/mol. The Labute approximate surface area is 138 Å². The number of ether oxygens (including phenoxy) is 2. The summed E-state index contributed by atoms with van der Waals surface area (Å²) in [7, 11) is 1.32. The summed E-state index contributed by atoms with van der Waals surface area (Å²) in [5.41, 5.74) is 17.0. The molecule has 0 fully saturated rings. The van der Waals surface area contributed by atoms with E-state index in [-0.39, 0.29) is 11.9 Å². The zero-order chi connectivity index (χ0) is 17.5. The fourth-order valence-electron chi connectivity index (χ4n) is 1.82. The predicted molar refractivity (Wildman–Crippen MR) is 91.4 cm³/mol. The van der Waals surface area contributed by atoms with Gasteiger partial charge in [-0.15, -0.1) is 0 Å². The van der Waals surface area contributed by atoms with Crippen LogP contribution in [0.3, 0.4) is 0 Å². The zero-order valence-corrected chi connectivity index (χ0v) is 13.0. The number of esters is 1. The minimum atomic E-state index is -0.420. The maximum absolute atomic E-state index is 11.4. The molecule has 124 valence electrons. The molecule has 8 heteroatoms. The van der Waals surface area contributed by atoms with Gasteiger partial charge in [-0.05, 0) is 36.4 Å². The third kappa shape index (κ3) is 4.47. The molecule has 2 aromatic rings. The number of nitrogens with two attached hydrogens (primary N) is 3. The van der Waals surface area contributed by atoms with Crippen LogP contribution in [0.5, 0.6) is 11.5 Å². The molecule has 0 radical (unpaired) electrons. The molecule has 6 N–H and O–H groups in total. The van der Waals surface area contributed by atoms with E-state index in [1.807, 2.05) is 0 Å². The first kappa shape index (κ1) is 16.8. The van der Waals surface area contributed by atoms with E-state index in [4.69, 9.17) is 21.9 Å². The molecule has 0 aliphatic rings. The molecular formula is C16H17N5O3. The maximum atomic E-state index is 11.4. The third-order valence-electron chi connectivity index (χ3n) is 2.85. The summed E-state index contributed by atoms with van der Waals surface area (Å²) < 4.78 is 10.4. The molecule has 0 bridgehead atoms. The van der Waals surface area contributed by atoms with Crippen molar-refractivity contribution in [2.24, 2.45) is 27.2 Å². The van der Waals surface area contributed by atoms with Crippen molar-refractivity contribution >= 4 is 23.6 Å². The van der Waals surface area contributed by atoms with Crippen LogP contribution in [0.15, 0.2) is 58.5 Å². The Morgan fingerprint density at radius 3 is 2.29 bits per heavy atom. The first-order chi connectivity index (χ1) is 11.5. The summed E-state index contributed by atoms with van der Waals surface area (Å²) in [5.74, 6) is 0.277. The van der Waals surface area contributed by atoms with Crippen LogP contribution in [0.2, 0.25) is 0 Å². The number of carbonyl (C=O) groups excluding carboxylic acids is 1. The number of para-hydroxylation sites is 2. The molecule has 0 saturated heterocycles. The monoisotopic (exact) mass is 327 g/mol. The van der Waals surface area contributed by atoms with Gasteiger partial charge >= 0.3 is 5.97 Å². The molecule has 8 nitrogen and oxygen atoms in total. The molecule has 0 aliphatic carbocycles. The first-order valence-electron chi connectivity index (χ1n) is 6.88. The third-order valence-corrected chi connectivity index (χ3v) is 2.85. The molecule has 24 heavy (non-hydrogen) atoms. The lowest BCUT2D eigenvalue weighted by atomic mass is 10.2. The Morgan fingerprint density at radius 2 is 1.67 bits per heavy atom. The van der Waals surface area contributed by atoms with Crippen LogP contribution in [0.4, 0.5) is 5.69 Å². The lowest BCUT2D eigenvalue weighted by Gasteiger charge is -2.09. The van der Waals surface area contributed by atoms with Crippen molar-refractivity contribution in [3.05, 3.63) is 54.1 Å². The fourth-order valence-corrected chi connectivity index (χ4v) is 1.82. The number of methoxy groups -OCH3 is 1.